The average molecular weight is 259 g/mol. The fraction of sp³-hybridized carbons (Fsp3) is 0.818. The van der Waals surface area contributed by atoms with Gasteiger partial charge in [0.05, 0.1) is 6.61 Å². The summed E-state index contributed by atoms with van der Waals surface area (Å²) in [6, 6.07) is -1.76. The van der Waals surface area contributed by atoms with Crippen molar-refractivity contribution < 1.29 is 19.8 Å². The van der Waals surface area contributed by atoms with Crippen LogP contribution in [0, 0.1) is 0 Å². The lowest BCUT2D eigenvalue weighted by Gasteiger charge is -2.32. The van der Waals surface area contributed by atoms with E-state index in [-0.39, 0.29) is 6.04 Å². The zero-order valence-electron chi connectivity index (χ0n) is 10.6. The first kappa shape index (κ1) is 14.7. The standard InChI is InChI=1S/C11H21N3O4/c1-2-14-5-3-4-8(6-14)12-11(18)13-9(7-15)10(16)17/h8-9,15H,2-7H2,1H3,(H,16,17)(H2,12,13,18). The molecule has 0 radical (unpaired) electrons. The molecular formula is C11H21N3O4. The van der Waals surface area contributed by atoms with Gasteiger partial charge in [0, 0.05) is 12.6 Å². The topological polar surface area (TPSA) is 102 Å². The second-order valence-corrected chi connectivity index (χ2v) is 4.42. The number of likely N-dealkylation sites (N-methyl/N-ethyl adjacent to an activating group) is 1. The molecule has 0 saturated carbocycles. The number of piperidine rings is 1. The van der Waals surface area contributed by atoms with Crippen LogP contribution in [0.15, 0.2) is 0 Å². The quantitative estimate of drug-likeness (QED) is 0.518. The molecule has 1 rings (SSSR count). The van der Waals surface area contributed by atoms with Crippen molar-refractivity contribution in [3.05, 3.63) is 0 Å². The highest BCUT2D eigenvalue weighted by Gasteiger charge is 2.23. The largest absolute Gasteiger partial charge is 0.480 e. The van der Waals surface area contributed by atoms with Crippen LogP contribution in [0.3, 0.4) is 0 Å². The van der Waals surface area contributed by atoms with Gasteiger partial charge in [-0.25, -0.2) is 9.59 Å². The maximum absolute atomic E-state index is 11.6. The molecule has 104 valence electrons. The Bertz CT molecular complexity index is 298. The summed E-state index contributed by atoms with van der Waals surface area (Å²) in [5.74, 6) is -1.24. The Morgan fingerprint density at radius 3 is 2.78 bits per heavy atom. The highest BCUT2D eigenvalue weighted by atomic mass is 16.4. The van der Waals surface area contributed by atoms with E-state index in [0.29, 0.717) is 0 Å². The number of carboxylic acid groups (broad SMARTS) is 1. The number of urea groups is 1. The molecule has 1 heterocycles. The molecular weight excluding hydrogens is 238 g/mol. The van der Waals surface area contributed by atoms with Gasteiger partial charge in [0.15, 0.2) is 6.04 Å². The van der Waals surface area contributed by atoms with Crippen LogP contribution in [-0.4, -0.2) is 65.4 Å². The molecule has 0 bridgehead atoms. The summed E-state index contributed by atoms with van der Waals surface area (Å²) in [5, 5.41) is 22.5. The summed E-state index contributed by atoms with van der Waals surface area (Å²) >= 11 is 0. The van der Waals surface area contributed by atoms with E-state index in [2.05, 4.69) is 22.5 Å². The summed E-state index contributed by atoms with van der Waals surface area (Å²) < 4.78 is 0. The third kappa shape index (κ3) is 4.50. The maximum Gasteiger partial charge on any atom is 0.328 e. The van der Waals surface area contributed by atoms with Gasteiger partial charge in [-0.05, 0) is 25.9 Å². The van der Waals surface area contributed by atoms with E-state index in [1.165, 1.54) is 0 Å². The minimum absolute atomic E-state index is 0.0341. The molecule has 1 aliphatic rings. The van der Waals surface area contributed by atoms with E-state index >= 15 is 0 Å². The van der Waals surface area contributed by atoms with Crippen LogP contribution in [0.1, 0.15) is 19.8 Å². The summed E-state index contributed by atoms with van der Waals surface area (Å²) in [6.45, 7) is 4.20. The molecule has 1 saturated heterocycles. The zero-order chi connectivity index (χ0) is 13.5. The number of likely N-dealkylation sites (tertiary alicyclic amines) is 1. The number of hydrogen-bond donors (Lipinski definition) is 4. The van der Waals surface area contributed by atoms with Crippen molar-refractivity contribution in [3.63, 3.8) is 0 Å². The fourth-order valence-electron chi connectivity index (χ4n) is 2.03. The predicted molar refractivity (Wildman–Crippen MR) is 65.3 cm³/mol. The van der Waals surface area contributed by atoms with E-state index in [9.17, 15) is 9.59 Å². The molecule has 0 aliphatic carbocycles. The van der Waals surface area contributed by atoms with Crippen LogP contribution in [0.2, 0.25) is 0 Å². The molecule has 0 spiro atoms. The molecule has 0 aromatic carbocycles. The number of hydrogen-bond acceptors (Lipinski definition) is 4. The van der Waals surface area contributed by atoms with Crippen LogP contribution in [0.25, 0.3) is 0 Å². The number of nitrogens with zero attached hydrogens (tertiary/aromatic N) is 1. The van der Waals surface area contributed by atoms with Crippen LogP contribution in [-0.2, 0) is 4.79 Å². The molecule has 0 aromatic rings. The zero-order valence-corrected chi connectivity index (χ0v) is 10.6. The number of carbonyl (C=O) groups excluding carboxylic acids is 1. The number of nitrogens with one attached hydrogen (secondary N) is 2. The number of aliphatic hydroxyl groups is 1. The highest BCUT2D eigenvalue weighted by molar-refractivity contribution is 5.82. The Hall–Kier alpha value is -1.34. The van der Waals surface area contributed by atoms with Crippen LogP contribution < -0.4 is 10.6 Å². The second kappa shape index (κ2) is 7.17. The van der Waals surface area contributed by atoms with Crippen molar-refractivity contribution in [1.29, 1.82) is 0 Å². The first-order chi connectivity index (χ1) is 8.56. The molecule has 2 atom stereocenters. The number of carboxylic acids is 1. The van der Waals surface area contributed by atoms with E-state index in [4.69, 9.17) is 10.2 Å². The number of aliphatic hydroxyl groups excluding tert-OH is 1. The third-order valence-corrected chi connectivity index (χ3v) is 3.07. The molecule has 7 heteroatoms. The maximum atomic E-state index is 11.6. The van der Waals surface area contributed by atoms with Crippen molar-refractivity contribution in [3.8, 4) is 0 Å². The predicted octanol–water partition coefficient (Wildman–Crippen LogP) is -0.785. The normalized spacial score (nSPS) is 22.2. The number of aliphatic carboxylic acids is 1. The molecule has 1 aliphatic heterocycles. The second-order valence-electron chi connectivity index (χ2n) is 4.42. The van der Waals surface area contributed by atoms with Gasteiger partial charge in [-0.1, -0.05) is 6.92 Å². The van der Waals surface area contributed by atoms with Gasteiger partial charge in [0.1, 0.15) is 0 Å². The van der Waals surface area contributed by atoms with Crippen molar-refractivity contribution in [2.45, 2.75) is 31.8 Å². The smallest absolute Gasteiger partial charge is 0.328 e. The minimum atomic E-state index is -1.25. The fourth-order valence-corrected chi connectivity index (χ4v) is 2.03. The van der Waals surface area contributed by atoms with Gasteiger partial charge < -0.3 is 25.7 Å². The lowest BCUT2D eigenvalue weighted by molar-refractivity contribution is -0.140. The number of rotatable bonds is 5. The summed E-state index contributed by atoms with van der Waals surface area (Å²) in [4.78, 5) is 24.4. The molecule has 4 N–H and O–H groups in total. The van der Waals surface area contributed by atoms with Crippen molar-refractivity contribution in [2.75, 3.05) is 26.2 Å². The van der Waals surface area contributed by atoms with E-state index in [1.54, 1.807) is 0 Å². The Labute approximate surface area is 106 Å². The lowest BCUT2D eigenvalue weighted by Crippen LogP contribution is -2.54. The molecule has 18 heavy (non-hydrogen) atoms. The van der Waals surface area contributed by atoms with Crippen molar-refractivity contribution in [2.24, 2.45) is 0 Å². The monoisotopic (exact) mass is 259 g/mol. The molecule has 2 unspecified atom stereocenters. The van der Waals surface area contributed by atoms with Crippen molar-refractivity contribution >= 4 is 12.0 Å². The lowest BCUT2D eigenvalue weighted by atomic mass is 10.1. The Kier molecular flexibility index (Phi) is 5.87. The van der Waals surface area contributed by atoms with Crippen LogP contribution in [0.4, 0.5) is 4.79 Å². The molecule has 2 amide bonds. The third-order valence-electron chi connectivity index (χ3n) is 3.07. The van der Waals surface area contributed by atoms with E-state index in [0.717, 1.165) is 32.5 Å². The van der Waals surface area contributed by atoms with Gasteiger partial charge in [-0.2, -0.15) is 0 Å². The average Bonchev–Trinajstić information content (AvgIpc) is 2.35. The number of amides is 2. The number of carbonyl (C=O) groups is 2. The highest BCUT2D eigenvalue weighted by Crippen LogP contribution is 2.09. The molecule has 0 aromatic heterocycles. The van der Waals surface area contributed by atoms with E-state index < -0.39 is 24.6 Å². The molecule has 1 fully saturated rings. The Balaban J connectivity index is 2.37. The first-order valence-corrected chi connectivity index (χ1v) is 6.19. The van der Waals surface area contributed by atoms with E-state index in [1.807, 2.05) is 0 Å². The summed E-state index contributed by atoms with van der Waals surface area (Å²) in [5.41, 5.74) is 0. The summed E-state index contributed by atoms with van der Waals surface area (Å²) in [7, 11) is 0. The Morgan fingerprint density at radius 1 is 1.50 bits per heavy atom. The van der Waals surface area contributed by atoms with Gasteiger partial charge in [0.25, 0.3) is 0 Å². The minimum Gasteiger partial charge on any atom is -0.480 e. The molecule has 7 nitrogen and oxygen atoms in total. The van der Waals surface area contributed by atoms with Crippen LogP contribution >= 0.6 is 0 Å². The Morgan fingerprint density at radius 2 is 2.22 bits per heavy atom. The summed E-state index contributed by atoms with van der Waals surface area (Å²) in [6.07, 6.45) is 1.90. The first-order valence-electron chi connectivity index (χ1n) is 6.19. The van der Waals surface area contributed by atoms with Gasteiger partial charge in [0.2, 0.25) is 0 Å². The SMILES string of the molecule is CCN1CCCC(NC(=O)NC(CO)C(=O)O)C1. The van der Waals surface area contributed by atoms with Gasteiger partial charge in [-0.3, -0.25) is 0 Å². The van der Waals surface area contributed by atoms with Gasteiger partial charge >= 0.3 is 12.0 Å². The van der Waals surface area contributed by atoms with Gasteiger partial charge in [-0.15, -0.1) is 0 Å². The van der Waals surface area contributed by atoms with Crippen molar-refractivity contribution in [1.82, 2.24) is 15.5 Å². The van der Waals surface area contributed by atoms with Crippen LogP contribution in [0.5, 0.6) is 0 Å².